The zero-order valence-electron chi connectivity index (χ0n) is 9.48. The predicted molar refractivity (Wildman–Crippen MR) is 60.5 cm³/mol. The molecule has 0 atom stereocenters. The van der Waals surface area contributed by atoms with Crippen molar-refractivity contribution < 1.29 is 17.9 Å². The summed E-state index contributed by atoms with van der Waals surface area (Å²) in [6.45, 7) is 0.128. The van der Waals surface area contributed by atoms with Crippen molar-refractivity contribution >= 4 is 9.84 Å². The molecule has 1 rings (SSSR count). The first-order valence-corrected chi connectivity index (χ1v) is 6.48. The van der Waals surface area contributed by atoms with Crippen LogP contribution >= 0.6 is 0 Å². The Kier molecular flexibility index (Phi) is 3.77. The fourth-order valence-electron chi connectivity index (χ4n) is 1.41. The van der Waals surface area contributed by atoms with Gasteiger partial charge in [0.25, 0.3) is 0 Å². The Labute approximate surface area is 95.1 Å². The Morgan fingerprint density at radius 1 is 1.19 bits per heavy atom. The quantitative estimate of drug-likeness (QED) is 0.838. The van der Waals surface area contributed by atoms with Gasteiger partial charge in [-0.25, -0.2) is 8.42 Å². The summed E-state index contributed by atoms with van der Waals surface area (Å²) in [4.78, 5) is 0.174. The zero-order chi connectivity index (χ0) is 12.3. The summed E-state index contributed by atoms with van der Waals surface area (Å²) in [5, 5.41) is 0. The summed E-state index contributed by atoms with van der Waals surface area (Å²) < 4.78 is 33.2. The van der Waals surface area contributed by atoms with Gasteiger partial charge in [-0.3, -0.25) is 0 Å². The van der Waals surface area contributed by atoms with Crippen LogP contribution in [0.3, 0.4) is 0 Å². The van der Waals surface area contributed by atoms with Crippen molar-refractivity contribution in [3.8, 4) is 11.5 Å². The number of methoxy groups -OCH3 is 2. The summed E-state index contributed by atoms with van der Waals surface area (Å²) >= 11 is 0. The van der Waals surface area contributed by atoms with Gasteiger partial charge in [0.1, 0.15) is 0 Å². The minimum absolute atomic E-state index is 0.128. The third-order valence-corrected chi connectivity index (χ3v) is 3.37. The first-order valence-electron chi connectivity index (χ1n) is 4.59. The van der Waals surface area contributed by atoms with E-state index in [4.69, 9.17) is 15.2 Å². The lowest BCUT2D eigenvalue weighted by Gasteiger charge is -2.12. The van der Waals surface area contributed by atoms with Crippen molar-refractivity contribution in [1.82, 2.24) is 0 Å². The molecule has 0 spiro atoms. The molecule has 0 radical (unpaired) electrons. The van der Waals surface area contributed by atoms with Crippen LogP contribution in [0, 0.1) is 0 Å². The number of rotatable bonds is 4. The Morgan fingerprint density at radius 2 is 1.69 bits per heavy atom. The van der Waals surface area contributed by atoms with Crippen molar-refractivity contribution in [1.29, 1.82) is 0 Å². The van der Waals surface area contributed by atoms with Crippen LogP contribution in [0.2, 0.25) is 0 Å². The van der Waals surface area contributed by atoms with Crippen molar-refractivity contribution in [2.24, 2.45) is 5.73 Å². The Balaban J connectivity index is 3.50. The van der Waals surface area contributed by atoms with E-state index in [1.54, 1.807) is 6.07 Å². The average Bonchev–Trinajstić information content (AvgIpc) is 2.25. The van der Waals surface area contributed by atoms with Crippen molar-refractivity contribution in [3.63, 3.8) is 0 Å². The molecule has 1 aromatic rings. The van der Waals surface area contributed by atoms with Crippen LogP contribution in [-0.2, 0) is 16.4 Å². The minimum Gasteiger partial charge on any atom is -0.493 e. The largest absolute Gasteiger partial charge is 0.493 e. The highest BCUT2D eigenvalue weighted by Crippen LogP contribution is 2.32. The molecule has 0 saturated carbocycles. The first kappa shape index (κ1) is 12.8. The van der Waals surface area contributed by atoms with E-state index in [0.29, 0.717) is 17.1 Å². The van der Waals surface area contributed by atoms with E-state index in [1.807, 2.05) is 0 Å². The van der Waals surface area contributed by atoms with Crippen LogP contribution in [0.15, 0.2) is 17.0 Å². The lowest BCUT2D eigenvalue weighted by atomic mass is 10.2. The molecule has 0 heterocycles. The topological polar surface area (TPSA) is 78.6 Å². The normalized spacial score (nSPS) is 11.2. The van der Waals surface area contributed by atoms with Gasteiger partial charge in [-0.1, -0.05) is 0 Å². The second-order valence-corrected chi connectivity index (χ2v) is 5.28. The SMILES string of the molecule is COc1cc(CN)c(S(C)(=O)=O)cc1OC. The number of sulfone groups is 1. The predicted octanol–water partition coefficient (Wildman–Crippen LogP) is 0.566. The number of hydrogen-bond donors (Lipinski definition) is 1. The zero-order valence-corrected chi connectivity index (χ0v) is 10.3. The molecule has 0 aromatic heterocycles. The maximum atomic E-state index is 11.5. The van der Waals surface area contributed by atoms with Crippen LogP contribution in [0.1, 0.15) is 5.56 Å². The lowest BCUT2D eigenvalue weighted by Crippen LogP contribution is -2.08. The second kappa shape index (κ2) is 4.71. The van der Waals surface area contributed by atoms with Crippen molar-refractivity contribution in [3.05, 3.63) is 17.7 Å². The smallest absolute Gasteiger partial charge is 0.175 e. The first-order chi connectivity index (χ1) is 7.43. The van der Waals surface area contributed by atoms with E-state index < -0.39 is 9.84 Å². The molecule has 0 saturated heterocycles. The molecule has 90 valence electrons. The number of nitrogens with two attached hydrogens (primary N) is 1. The van der Waals surface area contributed by atoms with Gasteiger partial charge >= 0.3 is 0 Å². The molecule has 0 bridgehead atoms. The van der Waals surface area contributed by atoms with Gasteiger partial charge in [0.15, 0.2) is 21.3 Å². The van der Waals surface area contributed by atoms with Crippen LogP contribution in [0.25, 0.3) is 0 Å². The summed E-state index contributed by atoms with van der Waals surface area (Å²) in [6, 6.07) is 3.01. The standard InChI is InChI=1S/C10H15NO4S/c1-14-8-4-7(6-11)10(16(3,12)13)5-9(8)15-2/h4-5H,6,11H2,1-3H3. The summed E-state index contributed by atoms with van der Waals surface area (Å²) in [5.41, 5.74) is 6.02. The molecule has 5 nitrogen and oxygen atoms in total. The Morgan fingerprint density at radius 3 is 2.06 bits per heavy atom. The van der Waals surface area contributed by atoms with Gasteiger partial charge in [0.2, 0.25) is 0 Å². The molecule has 0 unspecified atom stereocenters. The summed E-state index contributed by atoms with van der Waals surface area (Å²) in [6.07, 6.45) is 1.13. The molecule has 1 aromatic carbocycles. The Bertz CT molecular complexity index is 482. The van der Waals surface area contributed by atoms with Gasteiger partial charge < -0.3 is 15.2 Å². The lowest BCUT2D eigenvalue weighted by molar-refractivity contribution is 0.353. The van der Waals surface area contributed by atoms with E-state index in [1.165, 1.54) is 20.3 Å². The fraction of sp³-hybridized carbons (Fsp3) is 0.400. The molecular formula is C10H15NO4S. The molecule has 2 N–H and O–H groups in total. The Hall–Kier alpha value is -1.27. The molecule has 0 aliphatic rings. The van der Waals surface area contributed by atoms with Crippen LogP contribution < -0.4 is 15.2 Å². The van der Waals surface area contributed by atoms with Crippen LogP contribution in [0.5, 0.6) is 11.5 Å². The van der Waals surface area contributed by atoms with Gasteiger partial charge in [0, 0.05) is 18.9 Å². The maximum Gasteiger partial charge on any atom is 0.175 e. The third-order valence-electron chi connectivity index (χ3n) is 2.19. The maximum absolute atomic E-state index is 11.5. The summed E-state index contributed by atoms with van der Waals surface area (Å²) in [7, 11) is -0.384. The van der Waals surface area contributed by atoms with E-state index in [-0.39, 0.29) is 11.4 Å². The molecule has 0 aliphatic carbocycles. The highest BCUT2D eigenvalue weighted by molar-refractivity contribution is 7.90. The van der Waals surface area contributed by atoms with E-state index in [0.717, 1.165) is 6.26 Å². The monoisotopic (exact) mass is 245 g/mol. The number of hydrogen-bond acceptors (Lipinski definition) is 5. The molecule has 16 heavy (non-hydrogen) atoms. The number of benzene rings is 1. The van der Waals surface area contributed by atoms with Crippen LogP contribution in [0.4, 0.5) is 0 Å². The second-order valence-electron chi connectivity index (χ2n) is 3.29. The average molecular weight is 245 g/mol. The van der Waals surface area contributed by atoms with Gasteiger partial charge in [-0.2, -0.15) is 0 Å². The van der Waals surface area contributed by atoms with Crippen molar-refractivity contribution in [2.75, 3.05) is 20.5 Å². The molecule has 0 fully saturated rings. The number of ether oxygens (including phenoxy) is 2. The van der Waals surface area contributed by atoms with E-state index >= 15 is 0 Å². The van der Waals surface area contributed by atoms with Crippen molar-refractivity contribution in [2.45, 2.75) is 11.4 Å². The van der Waals surface area contributed by atoms with E-state index in [9.17, 15) is 8.42 Å². The van der Waals surface area contributed by atoms with Crippen LogP contribution in [-0.4, -0.2) is 28.9 Å². The summed E-state index contributed by atoms with van der Waals surface area (Å²) in [5.74, 6) is 0.843. The fourth-order valence-corrected chi connectivity index (χ4v) is 2.35. The minimum atomic E-state index is -3.32. The van der Waals surface area contributed by atoms with Gasteiger partial charge in [0.05, 0.1) is 19.1 Å². The van der Waals surface area contributed by atoms with E-state index in [2.05, 4.69) is 0 Å². The molecule has 0 amide bonds. The highest BCUT2D eigenvalue weighted by Gasteiger charge is 2.17. The van der Waals surface area contributed by atoms with Gasteiger partial charge in [-0.05, 0) is 11.6 Å². The van der Waals surface area contributed by atoms with Gasteiger partial charge in [-0.15, -0.1) is 0 Å². The molecule has 6 heteroatoms. The molecular weight excluding hydrogens is 230 g/mol. The third kappa shape index (κ3) is 2.45. The molecule has 0 aliphatic heterocycles. The highest BCUT2D eigenvalue weighted by atomic mass is 32.2.